The molecule has 1 aromatic carbocycles. The van der Waals surface area contributed by atoms with Gasteiger partial charge in [-0.05, 0) is 12.1 Å². The fourth-order valence-corrected chi connectivity index (χ4v) is 1.23. The lowest BCUT2D eigenvalue weighted by atomic mass is 10.3. The summed E-state index contributed by atoms with van der Waals surface area (Å²) in [6.45, 7) is 0. The van der Waals surface area contributed by atoms with Crippen molar-refractivity contribution in [3.63, 3.8) is 0 Å². The minimum atomic E-state index is -0.481. The largest absolute Gasteiger partial charge is 0.619 e. The van der Waals surface area contributed by atoms with Crippen LogP contribution in [0.2, 0.25) is 0 Å². The number of nitro groups is 1. The standard InChI is InChI=1S/C11H8N4O3/c16-14-7-5-10(6-8-14)13-12-9-1-3-11(4-2-9)15(17)18/h1-8H. The van der Waals surface area contributed by atoms with Gasteiger partial charge in [0.05, 0.1) is 16.3 Å². The van der Waals surface area contributed by atoms with Crippen LogP contribution in [0.25, 0.3) is 0 Å². The summed E-state index contributed by atoms with van der Waals surface area (Å²) in [7, 11) is 0. The van der Waals surface area contributed by atoms with Crippen LogP contribution in [0.3, 0.4) is 0 Å². The second-order valence-corrected chi connectivity index (χ2v) is 3.39. The fourth-order valence-electron chi connectivity index (χ4n) is 1.23. The molecule has 7 heteroatoms. The number of azo groups is 1. The summed E-state index contributed by atoms with van der Waals surface area (Å²) in [6.07, 6.45) is 2.62. The Balaban J connectivity index is 2.13. The lowest BCUT2D eigenvalue weighted by Crippen LogP contribution is -2.22. The Kier molecular flexibility index (Phi) is 3.24. The lowest BCUT2D eigenvalue weighted by molar-refractivity contribution is -0.605. The third-order valence-electron chi connectivity index (χ3n) is 2.13. The number of benzene rings is 1. The zero-order valence-corrected chi connectivity index (χ0v) is 9.13. The van der Waals surface area contributed by atoms with Gasteiger partial charge in [-0.2, -0.15) is 15.0 Å². The van der Waals surface area contributed by atoms with Crippen LogP contribution >= 0.6 is 0 Å². The Morgan fingerprint density at radius 3 is 1.94 bits per heavy atom. The molecule has 0 saturated carbocycles. The SMILES string of the molecule is O=[N+]([O-])c1ccc(N=Nc2cc[n+]([O-])cc2)cc1. The molecule has 90 valence electrons. The van der Waals surface area contributed by atoms with Gasteiger partial charge in [0.15, 0.2) is 12.4 Å². The molecule has 2 aromatic rings. The minimum absolute atomic E-state index is 0.000979. The maximum atomic E-state index is 10.8. The molecular formula is C11H8N4O3. The highest BCUT2D eigenvalue weighted by molar-refractivity contribution is 5.44. The maximum Gasteiger partial charge on any atom is 0.269 e. The first-order valence-corrected chi connectivity index (χ1v) is 5.00. The van der Waals surface area contributed by atoms with Gasteiger partial charge >= 0.3 is 0 Å². The van der Waals surface area contributed by atoms with Gasteiger partial charge in [-0.25, -0.2) is 0 Å². The first-order chi connectivity index (χ1) is 8.65. The van der Waals surface area contributed by atoms with Crippen LogP contribution in [0, 0.1) is 15.3 Å². The van der Waals surface area contributed by atoms with Gasteiger partial charge in [0.25, 0.3) is 5.69 Å². The van der Waals surface area contributed by atoms with E-state index in [2.05, 4.69) is 10.2 Å². The van der Waals surface area contributed by atoms with E-state index in [-0.39, 0.29) is 5.69 Å². The summed E-state index contributed by atoms with van der Waals surface area (Å²) in [5.74, 6) is 0. The molecule has 0 N–H and O–H groups in total. The van der Waals surface area contributed by atoms with E-state index < -0.39 is 4.92 Å². The van der Waals surface area contributed by atoms with Gasteiger partial charge in [0.1, 0.15) is 0 Å². The van der Waals surface area contributed by atoms with Crippen LogP contribution in [-0.4, -0.2) is 4.92 Å². The highest BCUT2D eigenvalue weighted by Crippen LogP contribution is 2.20. The van der Waals surface area contributed by atoms with Crippen molar-refractivity contribution < 1.29 is 9.65 Å². The van der Waals surface area contributed by atoms with Gasteiger partial charge < -0.3 is 5.21 Å². The number of pyridine rings is 1. The fraction of sp³-hybridized carbons (Fsp3) is 0. The van der Waals surface area contributed by atoms with Crippen LogP contribution in [0.5, 0.6) is 0 Å². The van der Waals surface area contributed by atoms with Crippen LogP contribution in [0.4, 0.5) is 17.1 Å². The quantitative estimate of drug-likeness (QED) is 0.273. The third-order valence-corrected chi connectivity index (χ3v) is 2.13. The van der Waals surface area contributed by atoms with Crippen molar-refractivity contribution >= 4 is 17.1 Å². The summed E-state index contributed by atoms with van der Waals surface area (Å²) in [5.41, 5.74) is 1.03. The van der Waals surface area contributed by atoms with E-state index in [1.54, 1.807) is 0 Å². The predicted molar refractivity (Wildman–Crippen MR) is 62.7 cm³/mol. The Morgan fingerprint density at radius 1 is 0.944 bits per heavy atom. The van der Waals surface area contributed by atoms with E-state index in [4.69, 9.17) is 0 Å². The Labute approximate surface area is 102 Å². The van der Waals surface area contributed by atoms with E-state index in [0.29, 0.717) is 16.1 Å². The van der Waals surface area contributed by atoms with Gasteiger partial charge in [-0.15, -0.1) is 0 Å². The highest BCUT2D eigenvalue weighted by atomic mass is 16.6. The van der Waals surface area contributed by atoms with Crippen molar-refractivity contribution in [1.29, 1.82) is 0 Å². The van der Waals surface area contributed by atoms with Crippen molar-refractivity contribution in [2.45, 2.75) is 0 Å². The first kappa shape index (κ1) is 11.6. The zero-order chi connectivity index (χ0) is 13.0. The molecule has 1 heterocycles. The van der Waals surface area contributed by atoms with Crippen molar-refractivity contribution in [3.05, 3.63) is 64.1 Å². The van der Waals surface area contributed by atoms with E-state index >= 15 is 0 Å². The molecule has 0 aliphatic carbocycles. The number of aromatic nitrogens is 1. The summed E-state index contributed by atoms with van der Waals surface area (Å²) in [4.78, 5) is 9.96. The van der Waals surface area contributed by atoms with E-state index in [9.17, 15) is 15.3 Å². The Morgan fingerprint density at radius 2 is 1.44 bits per heavy atom. The zero-order valence-electron chi connectivity index (χ0n) is 9.13. The lowest BCUT2D eigenvalue weighted by Gasteiger charge is -1.95. The first-order valence-electron chi connectivity index (χ1n) is 5.00. The molecule has 0 aliphatic heterocycles. The number of rotatable bonds is 3. The predicted octanol–water partition coefficient (Wildman–Crippen LogP) is 2.64. The molecular weight excluding hydrogens is 236 g/mol. The summed E-state index contributed by atoms with van der Waals surface area (Å²) >= 11 is 0. The smallest absolute Gasteiger partial charge is 0.269 e. The molecule has 0 bridgehead atoms. The number of hydrogen-bond acceptors (Lipinski definition) is 5. The summed E-state index contributed by atoms with van der Waals surface area (Å²) in [6, 6.07) is 8.73. The molecule has 0 fully saturated rings. The second-order valence-electron chi connectivity index (χ2n) is 3.39. The summed E-state index contributed by atoms with van der Waals surface area (Å²) in [5, 5.41) is 29.0. The second kappa shape index (κ2) is 5.00. The van der Waals surface area contributed by atoms with E-state index in [1.165, 1.54) is 48.8 Å². The van der Waals surface area contributed by atoms with Crippen LogP contribution in [0.1, 0.15) is 0 Å². The van der Waals surface area contributed by atoms with Gasteiger partial charge in [0.2, 0.25) is 0 Å². The molecule has 0 unspecified atom stereocenters. The molecule has 7 nitrogen and oxygen atoms in total. The third kappa shape index (κ3) is 2.85. The van der Waals surface area contributed by atoms with Gasteiger partial charge in [-0.3, -0.25) is 10.1 Å². The van der Waals surface area contributed by atoms with Crippen molar-refractivity contribution in [2.24, 2.45) is 10.2 Å². The molecule has 0 spiro atoms. The van der Waals surface area contributed by atoms with E-state index in [1.807, 2.05) is 0 Å². The minimum Gasteiger partial charge on any atom is -0.619 e. The molecule has 2 rings (SSSR count). The summed E-state index contributed by atoms with van der Waals surface area (Å²) < 4.78 is 0.644. The Bertz CT molecular complexity index is 578. The average Bonchev–Trinajstić information content (AvgIpc) is 2.38. The number of hydrogen-bond donors (Lipinski definition) is 0. The van der Waals surface area contributed by atoms with Gasteiger partial charge in [-0.1, -0.05) is 0 Å². The van der Waals surface area contributed by atoms with Crippen LogP contribution in [-0.2, 0) is 0 Å². The maximum absolute atomic E-state index is 10.8. The van der Waals surface area contributed by atoms with Gasteiger partial charge in [0, 0.05) is 24.3 Å². The molecule has 0 atom stereocenters. The molecule has 0 amide bonds. The average molecular weight is 244 g/mol. The topological polar surface area (TPSA) is 94.8 Å². The molecule has 0 aliphatic rings. The van der Waals surface area contributed by atoms with Crippen molar-refractivity contribution in [2.75, 3.05) is 0 Å². The van der Waals surface area contributed by atoms with Crippen molar-refractivity contribution in [1.82, 2.24) is 0 Å². The highest BCUT2D eigenvalue weighted by Gasteiger charge is 2.03. The van der Waals surface area contributed by atoms with Crippen molar-refractivity contribution in [3.8, 4) is 0 Å². The molecule has 0 radical (unpaired) electrons. The van der Waals surface area contributed by atoms with Crippen LogP contribution in [0.15, 0.2) is 59.0 Å². The number of non-ortho nitro benzene ring substituents is 1. The van der Waals surface area contributed by atoms with E-state index in [0.717, 1.165) is 0 Å². The Hall–Kier alpha value is -2.83. The number of nitro benzene ring substituents is 1. The monoisotopic (exact) mass is 244 g/mol. The molecule has 18 heavy (non-hydrogen) atoms. The normalized spacial score (nSPS) is 10.7. The molecule has 0 saturated heterocycles. The number of nitrogens with zero attached hydrogens (tertiary/aromatic N) is 4. The molecule has 1 aromatic heterocycles. The van der Waals surface area contributed by atoms with Crippen LogP contribution < -0.4 is 4.73 Å².